The van der Waals surface area contributed by atoms with Gasteiger partial charge in [0.25, 0.3) is 0 Å². The van der Waals surface area contributed by atoms with E-state index in [-0.39, 0.29) is 5.66 Å². The van der Waals surface area contributed by atoms with Crippen LogP contribution < -0.4 is 0 Å². The predicted molar refractivity (Wildman–Crippen MR) is 85.4 cm³/mol. The highest BCUT2D eigenvalue weighted by molar-refractivity contribution is 7.54. The Kier molecular flexibility index (Phi) is 9.84. The fourth-order valence-corrected chi connectivity index (χ4v) is 4.99. The Morgan fingerprint density at radius 1 is 0.850 bits per heavy atom. The summed E-state index contributed by atoms with van der Waals surface area (Å²) in [6, 6.07) is 0. The van der Waals surface area contributed by atoms with Crippen LogP contribution >= 0.6 is 7.60 Å². The van der Waals surface area contributed by atoms with Crippen LogP contribution in [0, 0.1) is 0 Å². The molecule has 1 fully saturated rings. The van der Waals surface area contributed by atoms with Crippen LogP contribution in [0.3, 0.4) is 0 Å². The van der Waals surface area contributed by atoms with Crippen molar-refractivity contribution in [2.75, 3.05) is 13.2 Å². The molecule has 20 heavy (non-hydrogen) atoms. The van der Waals surface area contributed by atoms with Crippen LogP contribution in [0.2, 0.25) is 0 Å². The van der Waals surface area contributed by atoms with Crippen LogP contribution in [0.15, 0.2) is 0 Å². The molecule has 0 radical (unpaired) electrons. The molecule has 0 heterocycles. The SMILES string of the molecule is CCCCCOP(=O)(OCCCCC)C1CCCCC1. The molecule has 4 heteroatoms. The maximum absolute atomic E-state index is 13.1. The van der Waals surface area contributed by atoms with Gasteiger partial charge in [0.2, 0.25) is 0 Å². The van der Waals surface area contributed by atoms with Crippen molar-refractivity contribution in [3.05, 3.63) is 0 Å². The van der Waals surface area contributed by atoms with Gasteiger partial charge in [0.15, 0.2) is 0 Å². The van der Waals surface area contributed by atoms with Gasteiger partial charge in [0.1, 0.15) is 0 Å². The van der Waals surface area contributed by atoms with E-state index in [0.29, 0.717) is 13.2 Å². The number of unbranched alkanes of at least 4 members (excludes halogenated alkanes) is 4. The van der Waals surface area contributed by atoms with Gasteiger partial charge in [-0.15, -0.1) is 0 Å². The zero-order chi connectivity index (χ0) is 14.7. The summed E-state index contributed by atoms with van der Waals surface area (Å²) in [6.45, 7) is 5.52. The third-order valence-electron chi connectivity index (χ3n) is 4.06. The van der Waals surface area contributed by atoms with Crippen molar-refractivity contribution >= 4 is 7.60 Å². The van der Waals surface area contributed by atoms with Gasteiger partial charge in [-0.25, -0.2) is 0 Å². The van der Waals surface area contributed by atoms with Crippen molar-refractivity contribution in [3.63, 3.8) is 0 Å². The van der Waals surface area contributed by atoms with Crippen LogP contribution in [0.1, 0.15) is 84.5 Å². The average Bonchev–Trinajstić information content (AvgIpc) is 2.49. The summed E-state index contributed by atoms with van der Waals surface area (Å²) in [5, 5.41) is 0. The second kappa shape index (κ2) is 10.8. The monoisotopic (exact) mass is 304 g/mol. The fourth-order valence-electron chi connectivity index (χ4n) is 2.73. The first-order valence-electron chi connectivity index (χ1n) is 8.61. The number of hydrogen-bond donors (Lipinski definition) is 0. The Morgan fingerprint density at radius 3 is 1.80 bits per heavy atom. The Bertz CT molecular complexity index is 259. The van der Waals surface area contributed by atoms with E-state index in [1.807, 2.05) is 0 Å². The van der Waals surface area contributed by atoms with Crippen molar-refractivity contribution in [2.45, 2.75) is 90.1 Å². The summed E-state index contributed by atoms with van der Waals surface area (Å²) in [7, 11) is -2.88. The fraction of sp³-hybridized carbons (Fsp3) is 1.00. The summed E-state index contributed by atoms with van der Waals surface area (Å²) in [6.07, 6.45) is 12.2. The van der Waals surface area contributed by atoms with E-state index in [1.54, 1.807) is 0 Å². The normalized spacial score (nSPS) is 17.5. The molecule has 0 aliphatic heterocycles. The lowest BCUT2D eigenvalue weighted by molar-refractivity contribution is 0.185. The molecule has 0 N–H and O–H groups in total. The van der Waals surface area contributed by atoms with Gasteiger partial charge in [-0.2, -0.15) is 0 Å². The van der Waals surface area contributed by atoms with Gasteiger partial charge < -0.3 is 9.05 Å². The number of hydrogen-bond acceptors (Lipinski definition) is 3. The molecule has 120 valence electrons. The predicted octanol–water partition coefficient (Wildman–Crippen LogP) is 5.93. The highest BCUT2D eigenvalue weighted by atomic mass is 31.2. The molecule has 0 saturated heterocycles. The lowest BCUT2D eigenvalue weighted by Crippen LogP contribution is -2.17. The third kappa shape index (κ3) is 6.74. The molecule has 1 aliphatic rings. The van der Waals surface area contributed by atoms with Gasteiger partial charge in [-0.05, 0) is 25.7 Å². The summed E-state index contributed by atoms with van der Waals surface area (Å²) in [5.74, 6) is 0. The van der Waals surface area contributed by atoms with Gasteiger partial charge in [0.05, 0.1) is 18.9 Å². The van der Waals surface area contributed by atoms with Crippen molar-refractivity contribution in [3.8, 4) is 0 Å². The Labute approximate surface area is 125 Å². The van der Waals surface area contributed by atoms with E-state index >= 15 is 0 Å². The van der Waals surface area contributed by atoms with Gasteiger partial charge >= 0.3 is 7.60 Å². The molecule has 0 atom stereocenters. The van der Waals surface area contributed by atoms with Crippen LogP contribution in [0.4, 0.5) is 0 Å². The summed E-state index contributed by atoms with van der Waals surface area (Å²) in [4.78, 5) is 0. The van der Waals surface area contributed by atoms with Gasteiger partial charge in [-0.1, -0.05) is 58.8 Å². The van der Waals surface area contributed by atoms with Crippen LogP contribution in [-0.4, -0.2) is 18.9 Å². The van der Waals surface area contributed by atoms with Crippen molar-refractivity contribution < 1.29 is 13.6 Å². The molecule has 3 nitrogen and oxygen atoms in total. The van der Waals surface area contributed by atoms with Gasteiger partial charge in [0, 0.05) is 0 Å². The zero-order valence-electron chi connectivity index (χ0n) is 13.4. The second-order valence-electron chi connectivity index (χ2n) is 5.91. The van der Waals surface area contributed by atoms with E-state index in [0.717, 1.165) is 51.4 Å². The topological polar surface area (TPSA) is 35.5 Å². The van der Waals surface area contributed by atoms with Crippen LogP contribution in [0.5, 0.6) is 0 Å². The minimum Gasteiger partial charge on any atom is -0.308 e. The molecule has 0 bridgehead atoms. The van der Waals surface area contributed by atoms with E-state index in [4.69, 9.17) is 9.05 Å². The maximum atomic E-state index is 13.1. The molecule has 0 aromatic rings. The number of rotatable bonds is 11. The molecule has 0 spiro atoms. The summed E-state index contributed by atoms with van der Waals surface area (Å²) >= 11 is 0. The lowest BCUT2D eigenvalue weighted by Gasteiger charge is -2.29. The molecule has 1 rings (SSSR count). The van der Waals surface area contributed by atoms with E-state index in [9.17, 15) is 4.57 Å². The molecule has 1 aliphatic carbocycles. The maximum Gasteiger partial charge on any atom is 0.333 e. The largest absolute Gasteiger partial charge is 0.333 e. The first-order valence-corrected chi connectivity index (χ1v) is 10.2. The minimum atomic E-state index is -2.88. The van der Waals surface area contributed by atoms with Gasteiger partial charge in [-0.3, -0.25) is 4.57 Å². The Morgan fingerprint density at radius 2 is 1.35 bits per heavy atom. The first-order chi connectivity index (χ1) is 9.73. The molecular formula is C16H33O3P. The Hall–Kier alpha value is 0.150. The van der Waals surface area contributed by atoms with E-state index in [1.165, 1.54) is 19.3 Å². The summed E-state index contributed by atoms with van der Waals surface area (Å²) < 4.78 is 24.6. The van der Waals surface area contributed by atoms with E-state index in [2.05, 4.69) is 13.8 Å². The molecule has 0 aromatic heterocycles. The zero-order valence-corrected chi connectivity index (χ0v) is 14.3. The average molecular weight is 304 g/mol. The molecule has 1 saturated carbocycles. The lowest BCUT2D eigenvalue weighted by atomic mass is 10.0. The standard InChI is InChI=1S/C16H33O3P/c1-3-5-10-14-18-20(17,19-15-11-6-4-2)16-12-8-7-9-13-16/h16H,3-15H2,1-2H3. The van der Waals surface area contributed by atoms with E-state index < -0.39 is 7.60 Å². The second-order valence-corrected chi connectivity index (χ2v) is 8.24. The third-order valence-corrected chi connectivity index (χ3v) is 6.56. The highest BCUT2D eigenvalue weighted by Crippen LogP contribution is 2.57. The molecular weight excluding hydrogens is 271 g/mol. The quantitative estimate of drug-likeness (QED) is 0.351. The molecule has 0 unspecified atom stereocenters. The van der Waals surface area contributed by atoms with Crippen molar-refractivity contribution in [2.24, 2.45) is 0 Å². The summed E-state index contributed by atoms with van der Waals surface area (Å²) in [5.41, 5.74) is 0.152. The van der Waals surface area contributed by atoms with Crippen molar-refractivity contribution in [1.29, 1.82) is 0 Å². The Balaban J connectivity index is 2.44. The van der Waals surface area contributed by atoms with Crippen molar-refractivity contribution in [1.82, 2.24) is 0 Å². The van der Waals surface area contributed by atoms with Crippen LogP contribution in [-0.2, 0) is 13.6 Å². The minimum absolute atomic E-state index is 0.152. The smallest absolute Gasteiger partial charge is 0.308 e. The first kappa shape index (κ1) is 18.2. The highest BCUT2D eigenvalue weighted by Gasteiger charge is 2.36. The van der Waals surface area contributed by atoms with Crippen LogP contribution in [0.25, 0.3) is 0 Å². The molecule has 0 amide bonds. The molecule has 0 aromatic carbocycles.